The predicted molar refractivity (Wildman–Crippen MR) is 74.8 cm³/mol. The van der Waals surface area contributed by atoms with E-state index in [9.17, 15) is 23.8 Å². The number of halogens is 2. The highest BCUT2D eigenvalue weighted by Gasteiger charge is 2.24. The van der Waals surface area contributed by atoms with Crippen LogP contribution in [-0.2, 0) is 4.79 Å². The summed E-state index contributed by atoms with van der Waals surface area (Å²) < 4.78 is 23.7. The molecule has 0 rings (SSSR count). The number of unbranched alkanes of at least 4 members (excludes halogenated alkanes) is 4. The van der Waals surface area contributed by atoms with Crippen molar-refractivity contribution in [3.63, 3.8) is 0 Å². The molecule has 0 spiro atoms. The third-order valence-electron chi connectivity index (χ3n) is 2.98. The number of aliphatic hydroxyl groups is 2. The van der Waals surface area contributed by atoms with Gasteiger partial charge in [-0.1, -0.05) is 25.0 Å². The number of allylic oxidation sites excluding steroid dienone is 1. The first-order valence-corrected chi connectivity index (χ1v) is 6.97. The zero-order valence-corrected chi connectivity index (χ0v) is 11.8. The van der Waals surface area contributed by atoms with Gasteiger partial charge >= 0.3 is 5.97 Å². The molecule has 0 fully saturated rings. The Hall–Kier alpha value is -1.34. The van der Waals surface area contributed by atoms with Gasteiger partial charge in [0.05, 0.1) is 6.10 Å². The minimum absolute atomic E-state index is 0.0577. The molecule has 0 saturated heterocycles. The quantitative estimate of drug-likeness (QED) is 0.252. The molecule has 7 heteroatoms. The van der Waals surface area contributed by atoms with Crippen LogP contribution in [0.5, 0.6) is 0 Å². The summed E-state index contributed by atoms with van der Waals surface area (Å²) in [6.45, 7) is 0. The van der Waals surface area contributed by atoms with Crippen molar-refractivity contribution in [1.82, 2.24) is 0 Å². The molecule has 5 nitrogen and oxygen atoms in total. The van der Waals surface area contributed by atoms with E-state index >= 15 is 0 Å². The summed E-state index contributed by atoms with van der Waals surface area (Å²) >= 11 is 0. The molecule has 0 heterocycles. The number of nitrogens with one attached hydrogen (secondary N) is 1. The standard InChI is InChI=1S/C14H23F2NO4/c15-11(16)9-7-5-3-1-2-4-6-8-10(18)13(19)12(17)14(20)21/h4,6,10-11,13,17-19H,1-3,5,7-9H2,(H,20,21)/b6-4+,17-12?. The molecule has 2 unspecified atom stereocenters. The molecule has 0 bridgehead atoms. The van der Waals surface area contributed by atoms with Gasteiger partial charge < -0.3 is 15.3 Å². The largest absolute Gasteiger partial charge is 0.477 e. The number of hydrogen-bond donors (Lipinski definition) is 4. The fourth-order valence-corrected chi connectivity index (χ4v) is 1.72. The first-order chi connectivity index (χ1) is 9.86. The zero-order valence-electron chi connectivity index (χ0n) is 11.8. The molecule has 2 atom stereocenters. The third-order valence-corrected chi connectivity index (χ3v) is 2.98. The van der Waals surface area contributed by atoms with Crippen LogP contribution < -0.4 is 0 Å². The van der Waals surface area contributed by atoms with E-state index in [1.807, 2.05) is 0 Å². The summed E-state index contributed by atoms with van der Waals surface area (Å²) in [6.07, 6.45) is 1.84. The number of alkyl halides is 2. The summed E-state index contributed by atoms with van der Waals surface area (Å²) in [5.41, 5.74) is -0.935. The summed E-state index contributed by atoms with van der Waals surface area (Å²) in [5, 5.41) is 34.4. The lowest BCUT2D eigenvalue weighted by Crippen LogP contribution is -2.37. The van der Waals surface area contributed by atoms with E-state index in [-0.39, 0.29) is 12.8 Å². The number of aliphatic carboxylic acids is 1. The Morgan fingerprint density at radius 2 is 1.71 bits per heavy atom. The van der Waals surface area contributed by atoms with E-state index in [0.717, 1.165) is 25.7 Å². The van der Waals surface area contributed by atoms with Gasteiger partial charge in [-0.05, 0) is 25.7 Å². The highest BCUT2D eigenvalue weighted by atomic mass is 19.3. The predicted octanol–water partition coefficient (Wildman–Crippen LogP) is 2.36. The van der Waals surface area contributed by atoms with Crippen LogP contribution in [0.1, 0.15) is 44.9 Å². The minimum atomic E-state index is -2.23. The van der Waals surface area contributed by atoms with E-state index in [1.54, 1.807) is 12.2 Å². The van der Waals surface area contributed by atoms with Crippen molar-refractivity contribution in [3.8, 4) is 0 Å². The van der Waals surface area contributed by atoms with Crippen LogP contribution in [0, 0.1) is 5.41 Å². The highest BCUT2D eigenvalue weighted by Crippen LogP contribution is 2.10. The lowest BCUT2D eigenvalue weighted by molar-refractivity contribution is -0.130. The first-order valence-electron chi connectivity index (χ1n) is 6.97. The SMILES string of the molecule is N=C(C(=O)O)C(O)C(O)C/C=C/CCCCCCC(F)F. The van der Waals surface area contributed by atoms with Gasteiger partial charge in [0.15, 0.2) is 0 Å². The molecule has 0 aliphatic rings. The summed E-state index contributed by atoms with van der Waals surface area (Å²) in [7, 11) is 0. The van der Waals surface area contributed by atoms with Crippen LogP contribution in [0.25, 0.3) is 0 Å². The number of carboxylic acids is 1. The average molecular weight is 307 g/mol. The molecule has 0 aromatic carbocycles. The molecule has 0 saturated carbocycles. The van der Waals surface area contributed by atoms with Crippen LogP contribution in [-0.4, -0.2) is 45.6 Å². The summed E-state index contributed by atoms with van der Waals surface area (Å²) in [4.78, 5) is 10.4. The fourth-order valence-electron chi connectivity index (χ4n) is 1.72. The molecule has 0 aliphatic heterocycles. The van der Waals surface area contributed by atoms with Crippen molar-refractivity contribution < 1.29 is 28.9 Å². The van der Waals surface area contributed by atoms with Gasteiger partial charge in [-0.3, -0.25) is 5.41 Å². The normalized spacial score (nSPS) is 14.5. The molecule has 4 N–H and O–H groups in total. The number of carbonyl (C=O) groups is 1. The van der Waals surface area contributed by atoms with Crippen LogP contribution in [0.2, 0.25) is 0 Å². The molecular weight excluding hydrogens is 284 g/mol. The molecular formula is C14H23F2NO4. The number of hydrogen-bond acceptors (Lipinski definition) is 4. The Labute approximate surface area is 122 Å². The number of rotatable bonds is 12. The van der Waals surface area contributed by atoms with Crippen molar-refractivity contribution in [3.05, 3.63) is 12.2 Å². The van der Waals surface area contributed by atoms with Crippen LogP contribution in [0.3, 0.4) is 0 Å². The van der Waals surface area contributed by atoms with Crippen molar-refractivity contribution in [2.45, 2.75) is 63.6 Å². The van der Waals surface area contributed by atoms with Gasteiger partial charge in [0.2, 0.25) is 6.43 Å². The van der Waals surface area contributed by atoms with Crippen molar-refractivity contribution in [2.24, 2.45) is 0 Å². The fraction of sp³-hybridized carbons (Fsp3) is 0.714. The average Bonchev–Trinajstić information content (AvgIpc) is 2.43. The minimum Gasteiger partial charge on any atom is -0.477 e. The molecule has 122 valence electrons. The van der Waals surface area contributed by atoms with Crippen LogP contribution in [0.15, 0.2) is 12.2 Å². The zero-order chi connectivity index (χ0) is 16.3. The number of carboxylic acid groups (broad SMARTS) is 1. The second kappa shape index (κ2) is 11.3. The lowest BCUT2D eigenvalue weighted by atomic mass is 10.1. The van der Waals surface area contributed by atoms with Crippen molar-refractivity contribution >= 4 is 11.7 Å². The Bertz CT molecular complexity index is 348. The second-order valence-electron chi connectivity index (χ2n) is 4.82. The van der Waals surface area contributed by atoms with E-state index in [0.29, 0.717) is 6.42 Å². The molecule has 0 amide bonds. The van der Waals surface area contributed by atoms with E-state index in [2.05, 4.69) is 0 Å². The highest BCUT2D eigenvalue weighted by molar-refractivity contribution is 6.36. The Morgan fingerprint density at radius 3 is 2.29 bits per heavy atom. The maximum atomic E-state index is 11.9. The Balaban J connectivity index is 3.67. The van der Waals surface area contributed by atoms with Crippen LogP contribution >= 0.6 is 0 Å². The summed E-state index contributed by atoms with van der Waals surface area (Å²) in [5.74, 6) is -1.56. The maximum Gasteiger partial charge on any atom is 0.352 e. The smallest absolute Gasteiger partial charge is 0.352 e. The molecule has 0 radical (unpaired) electrons. The maximum absolute atomic E-state index is 11.9. The topological polar surface area (TPSA) is 102 Å². The van der Waals surface area contributed by atoms with E-state index in [1.165, 1.54) is 0 Å². The van der Waals surface area contributed by atoms with Gasteiger partial charge in [0.25, 0.3) is 0 Å². The van der Waals surface area contributed by atoms with Gasteiger partial charge in [0.1, 0.15) is 11.8 Å². The van der Waals surface area contributed by atoms with Gasteiger partial charge in [-0.2, -0.15) is 0 Å². The Kier molecular flexibility index (Phi) is 10.6. The third kappa shape index (κ3) is 10.1. The second-order valence-corrected chi connectivity index (χ2v) is 4.82. The van der Waals surface area contributed by atoms with Crippen molar-refractivity contribution in [1.29, 1.82) is 5.41 Å². The first kappa shape index (κ1) is 19.7. The van der Waals surface area contributed by atoms with E-state index < -0.39 is 30.3 Å². The van der Waals surface area contributed by atoms with Gasteiger partial charge in [-0.25, -0.2) is 13.6 Å². The van der Waals surface area contributed by atoms with Gasteiger partial charge in [-0.15, -0.1) is 0 Å². The number of aliphatic hydroxyl groups excluding tert-OH is 2. The molecule has 21 heavy (non-hydrogen) atoms. The molecule has 0 aromatic heterocycles. The molecule has 0 aromatic rings. The monoisotopic (exact) mass is 307 g/mol. The van der Waals surface area contributed by atoms with Crippen molar-refractivity contribution in [2.75, 3.05) is 0 Å². The molecule has 0 aliphatic carbocycles. The van der Waals surface area contributed by atoms with Gasteiger partial charge in [0, 0.05) is 6.42 Å². The van der Waals surface area contributed by atoms with E-state index in [4.69, 9.17) is 10.5 Å². The Morgan fingerprint density at radius 1 is 1.10 bits per heavy atom. The van der Waals surface area contributed by atoms with Crippen LogP contribution in [0.4, 0.5) is 8.78 Å². The summed E-state index contributed by atoms with van der Waals surface area (Å²) in [6, 6.07) is 0. The lowest BCUT2D eigenvalue weighted by Gasteiger charge is -2.14.